The molecule has 2 unspecified atom stereocenters. The van der Waals surface area contributed by atoms with Crippen LogP contribution in [-0.2, 0) is 17.5 Å². The van der Waals surface area contributed by atoms with Crippen LogP contribution < -0.4 is 0 Å². The van der Waals surface area contributed by atoms with Crippen molar-refractivity contribution >= 4 is 16.9 Å². The molecule has 0 heterocycles. The largest absolute Gasteiger partial charge is 0.770 e. The van der Waals surface area contributed by atoms with Gasteiger partial charge in [-0.05, 0) is 23.1 Å². The molecule has 2 rings (SSSR count). The first-order valence-electron chi connectivity index (χ1n) is 4.48. The zero-order valence-corrected chi connectivity index (χ0v) is 8.55. The van der Waals surface area contributed by atoms with E-state index in [0.717, 1.165) is 5.56 Å². The number of fused-ring (bicyclic) bond motifs is 1. The van der Waals surface area contributed by atoms with Gasteiger partial charge in [-0.2, -0.15) is 0 Å². The number of halogens is 1. The number of alkyl halides is 1. The van der Waals surface area contributed by atoms with Gasteiger partial charge in [0, 0.05) is 17.5 Å². The molecule has 0 aliphatic heterocycles. The highest BCUT2D eigenvalue weighted by atomic mass is 32.2. The Hall–Kier alpha value is -1.07. The van der Waals surface area contributed by atoms with E-state index < -0.39 is 16.6 Å². The minimum Gasteiger partial charge on any atom is -0.770 e. The number of carbonyl (C=O) groups excluding carboxylic acids is 1. The first-order valence-corrected chi connectivity index (χ1v) is 5.62. The van der Waals surface area contributed by atoms with Gasteiger partial charge in [0.15, 0.2) is 11.3 Å². The Balaban J connectivity index is 2.54. The molecule has 3 nitrogen and oxygen atoms in total. The fourth-order valence-corrected chi connectivity index (χ4v) is 2.24. The molecular formula is C10H8FO3S-. The van der Waals surface area contributed by atoms with E-state index in [2.05, 4.69) is 0 Å². The average molecular weight is 227 g/mol. The molecule has 0 saturated carbocycles. The molecular weight excluding hydrogens is 219 g/mol. The van der Waals surface area contributed by atoms with Crippen molar-refractivity contribution in [3.8, 4) is 0 Å². The van der Waals surface area contributed by atoms with E-state index in [4.69, 9.17) is 0 Å². The zero-order chi connectivity index (χ0) is 11.0. The maximum Gasteiger partial charge on any atom is 0.187 e. The Bertz CT molecular complexity index is 444. The van der Waals surface area contributed by atoms with Crippen LogP contribution in [0.15, 0.2) is 18.2 Å². The van der Waals surface area contributed by atoms with E-state index >= 15 is 0 Å². The van der Waals surface area contributed by atoms with Crippen LogP contribution in [0.4, 0.5) is 4.39 Å². The third-order valence-electron chi connectivity index (χ3n) is 2.50. The third-order valence-corrected chi connectivity index (χ3v) is 3.09. The van der Waals surface area contributed by atoms with Crippen LogP contribution in [-0.4, -0.2) is 14.5 Å². The van der Waals surface area contributed by atoms with Crippen molar-refractivity contribution in [2.24, 2.45) is 0 Å². The molecule has 15 heavy (non-hydrogen) atoms. The predicted molar refractivity (Wildman–Crippen MR) is 51.9 cm³/mol. The van der Waals surface area contributed by atoms with Crippen molar-refractivity contribution in [3.05, 3.63) is 34.9 Å². The summed E-state index contributed by atoms with van der Waals surface area (Å²) in [6.45, 7) is 0. The number of Topliss-reactive ketones (excluding diaryl/α,β-unsaturated/α-hetero) is 1. The topological polar surface area (TPSA) is 57.2 Å². The van der Waals surface area contributed by atoms with E-state index in [1.54, 1.807) is 12.1 Å². The number of benzene rings is 1. The highest BCUT2D eigenvalue weighted by Crippen LogP contribution is 2.31. The SMILES string of the molecule is O=C1CCc2cccc(C(F)S(=O)[O-])c21. The Labute approximate surface area is 88.6 Å². The molecule has 0 aromatic heterocycles. The van der Waals surface area contributed by atoms with Gasteiger partial charge >= 0.3 is 0 Å². The monoisotopic (exact) mass is 227 g/mol. The van der Waals surface area contributed by atoms with Gasteiger partial charge in [0.05, 0.1) is 0 Å². The van der Waals surface area contributed by atoms with E-state index in [-0.39, 0.29) is 16.9 Å². The number of ketones is 1. The molecule has 1 aromatic rings. The lowest BCUT2D eigenvalue weighted by Crippen LogP contribution is -2.06. The number of aryl methyl sites for hydroxylation is 1. The number of hydrogen-bond donors (Lipinski definition) is 0. The lowest BCUT2D eigenvalue weighted by atomic mass is 10.0. The highest BCUT2D eigenvalue weighted by Gasteiger charge is 2.26. The summed E-state index contributed by atoms with van der Waals surface area (Å²) in [6.07, 6.45) is 0.908. The number of hydrogen-bond acceptors (Lipinski definition) is 3. The summed E-state index contributed by atoms with van der Waals surface area (Å²) in [7, 11) is 0. The number of rotatable bonds is 2. The van der Waals surface area contributed by atoms with Gasteiger partial charge in [-0.1, -0.05) is 18.2 Å². The first kappa shape index (κ1) is 10.4. The van der Waals surface area contributed by atoms with Gasteiger partial charge in [-0.3, -0.25) is 9.00 Å². The molecule has 0 radical (unpaired) electrons. The van der Waals surface area contributed by atoms with E-state index in [1.165, 1.54) is 6.07 Å². The molecule has 1 aliphatic rings. The zero-order valence-electron chi connectivity index (χ0n) is 7.73. The predicted octanol–water partition coefficient (Wildman–Crippen LogP) is 1.66. The molecule has 0 amide bonds. The van der Waals surface area contributed by atoms with E-state index in [1.807, 2.05) is 0 Å². The molecule has 0 saturated heterocycles. The van der Waals surface area contributed by atoms with Gasteiger partial charge in [0.1, 0.15) is 0 Å². The van der Waals surface area contributed by atoms with Gasteiger partial charge in [-0.15, -0.1) is 0 Å². The van der Waals surface area contributed by atoms with Crippen molar-refractivity contribution in [3.63, 3.8) is 0 Å². The standard InChI is InChI=1S/C10H9FO3S/c11-10(15(13)14)7-3-1-2-6-4-5-8(12)9(6)7/h1-3,10H,4-5H2,(H,13,14)/p-1. The van der Waals surface area contributed by atoms with Crippen LogP contribution in [0.1, 0.15) is 33.4 Å². The Morgan fingerprint density at radius 3 is 2.80 bits per heavy atom. The van der Waals surface area contributed by atoms with Crippen molar-refractivity contribution in [1.29, 1.82) is 0 Å². The molecule has 1 aromatic carbocycles. The Kier molecular flexibility index (Phi) is 2.67. The smallest absolute Gasteiger partial charge is 0.187 e. The van der Waals surface area contributed by atoms with Crippen molar-refractivity contribution in [2.75, 3.05) is 0 Å². The summed E-state index contributed by atoms with van der Waals surface area (Å²) in [5.41, 5.74) is -1.13. The fraction of sp³-hybridized carbons (Fsp3) is 0.300. The fourth-order valence-electron chi connectivity index (χ4n) is 1.83. The molecule has 80 valence electrons. The minimum absolute atomic E-state index is 0.0247. The average Bonchev–Trinajstić information content (AvgIpc) is 2.59. The van der Waals surface area contributed by atoms with Crippen LogP contribution in [0.25, 0.3) is 0 Å². The Morgan fingerprint density at radius 2 is 2.13 bits per heavy atom. The van der Waals surface area contributed by atoms with Crippen LogP contribution in [0.3, 0.4) is 0 Å². The summed E-state index contributed by atoms with van der Waals surface area (Å²) in [5.74, 6) is -0.172. The van der Waals surface area contributed by atoms with Crippen LogP contribution in [0.5, 0.6) is 0 Å². The van der Waals surface area contributed by atoms with Crippen molar-refractivity contribution in [1.82, 2.24) is 0 Å². The summed E-state index contributed by atoms with van der Waals surface area (Å²) in [6, 6.07) is 4.65. The molecule has 0 fully saturated rings. The van der Waals surface area contributed by atoms with Crippen LogP contribution >= 0.6 is 0 Å². The Morgan fingerprint density at radius 1 is 1.40 bits per heavy atom. The first-order chi connectivity index (χ1) is 7.11. The number of carbonyl (C=O) groups is 1. The quantitative estimate of drug-likeness (QED) is 0.722. The second-order valence-electron chi connectivity index (χ2n) is 3.38. The van der Waals surface area contributed by atoms with E-state index in [0.29, 0.717) is 12.8 Å². The second-order valence-corrected chi connectivity index (χ2v) is 4.32. The molecule has 0 spiro atoms. The van der Waals surface area contributed by atoms with Crippen LogP contribution in [0, 0.1) is 0 Å². The van der Waals surface area contributed by atoms with Gasteiger partial charge in [0.25, 0.3) is 0 Å². The molecule has 0 N–H and O–H groups in total. The maximum atomic E-state index is 13.3. The van der Waals surface area contributed by atoms with Crippen molar-refractivity contribution in [2.45, 2.75) is 18.3 Å². The summed E-state index contributed by atoms with van der Waals surface area (Å²) in [4.78, 5) is 11.4. The maximum absolute atomic E-state index is 13.3. The van der Waals surface area contributed by atoms with Gasteiger partial charge < -0.3 is 4.55 Å². The summed E-state index contributed by atoms with van der Waals surface area (Å²) >= 11 is -2.84. The lowest BCUT2D eigenvalue weighted by molar-refractivity contribution is 0.0993. The highest BCUT2D eigenvalue weighted by molar-refractivity contribution is 7.79. The van der Waals surface area contributed by atoms with E-state index in [9.17, 15) is 17.9 Å². The summed E-state index contributed by atoms with van der Waals surface area (Å²) in [5, 5.41) is 0. The van der Waals surface area contributed by atoms with Crippen molar-refractivity contribution < 1.29 is 17.9 Å². The molecule has 2 atom stereocenters. The minimum atomic E-state index is -2.84. The van der Waals surface area contributed by atoms with Gasteiger partial charge in [-0.25, -0.2) is 4.39 Å². The third kappa shape index (κ3) is 1.72. The molecule has 0 bridgehead atoms. The normalized spacial score (nSPS) is 18.7. The van der Waals surface area contributed by atoms with Crippen LogP contribution in [0.2, 0.25) is 0 Å². The second kappa shape index (κ2) is 3.83. The lowest BCUT2D eigenvalue weighted by Gasteiger charge is -2.14. The molecule has 5 heteroatoms. The molecule has 1 aliphatic carbocycles. The van der Waals surface area contributed by atoms with Gasteiger partial charge in [0.2, 0.25) is 0 Å². The summed E-state index contributed by atoms with van der Waals surface area (Å²) < 4.78 is 34.4.